The van der Waals surface area contributed by atoms with Gasteiger partial charge in [-0.25, -0.2) is 0 Å². The van der Waals surface area contributed by atoms with Gasteiger partial charge in [0.1, 0.15) is 0 Å². The molecule has 0 bridgehead atoms. The SMILES string of the molecule is CCNC(CCCC1CCCO1)C1(OC)CCC(C)CC1. The summed E-state index contributed by atoms with van der Waals surface area (Å²) in [5.74, 6) is 0.863. The molecular formula is C18H35NO2. The lowest BCUT2D eigenvalue weighted by Crippen LogP contribution is -2.53. The first-order chi connectivity index (χ1) is 10.2. The average Bonchev–Trinajstić information content (AvgIpc) is 3.01. The Bertz CT molecular complexity index is 281. The molecule has 2 rings (SSSR count). The predicted octanol–water partition coefficient (Wildman–Crippen LogP) is 3.91. The third-order valence-corrected chi connectivity index (χ3v) is 5.66. The van der Waals surface area contributed by atoms with Gasteiger partial charge in [-0.3, -0.25) is 0 Å². The molecule has 2 aliphatic rings. The van der Waals surface area contributed by atoms with Crippen molar-refractivity contribution in [2.45, 2.75) is 89.4 Å². The Balaban J connectivity index is 1.85. The first kappa shape index (κ1) is 17.2. The van der Waals surface area contributed by atoms with E-state index in [9.17, 15) is 0 Å². The summed E-state index contributed by atoms with van der Waals surface area (Å²) in [5.41, 5.74) is 0.0685. The topological polar surface area (TPSA) is 30.5 Å². The van der Waals surface area contributed by atoms with Gasteiger partial charge in [0.25, 0.3) is 0 Å². The molecule has 21 heavy (non-hydrogen) atoms. The Hall–Kier alpha value is -0.120. The molecule has 0 aromatic rings. The van der Waals surface area contributed by atoms with Crippen LogP contribution in [-0.2, 0) is 9.47 Å². The van der Waals surface area contributed by atoms with Gasteiger partial charge in [-0.2, -0.15) is 0 Å². The highest BCUT2D eigenvalue weighted by Crippen LogP contribution is 2.38. The van der Waals surface area contributed by atoms with Crippen LogP contribution in [0.3, 0.4) is 0 Å². The summed E-state index contributed by atoms with van der Waals surface area (Å²) in [6.45, 7) is 6.59. The Kier molecular flexibility index (Phi) is 6.97. The molecule has 1 aliphatic heterocycles. The lowest BCUT2D eigenvalue weighted by atomic mass is 9.74. The van der Waals surface area contributed by atoms with Crippen LogP contribution in [0, 0.1) is 5.92 Å². The van der Waals surface area contributed by atoms with E-state index in [-0.39, 0.29) is 5.60 Å². The second kappa shape index (κ2) is 8.50. The zero-order valence-electron chi connectivity index (χ0n) is 14.3. The highest BCUT2D eigenvalue weighted by Gasteiger charge is 2.40. The Morgan fingerprint density at radius 3 is 2.62 bits per heavy atom. The normalized spacial score (nSPS) is 35.0. The zero-order valence-corrected chi connectivity index (χ0v) is 14.3. The standard InChI is InChI=1S/C18H35NO2/c1-4-19-17(9-5-7-16-8-6-14-21-16)18(20-3)12-10-15(2)11-13-18/h15-17,19H,4-14H2,1-3H3. The van der Waals surface area contributed by atoms with Crippen LogP contribution in [0.4, 0.5) is 0 Å². The van der Waals surface area contributed by atoms with Crippen molar-refractivity contribution < 1.29 is 9.47 Å². The van der Waals surface area contributed by atoms with Crippen LogP contribution in [-0.4, -0.2) is 38.0 Å². The van der Waals surface area contributed by atoms with Crippen molar-refractivity contribution >= 4 is 0 Å². The first-order valence-electron chi connectivity index (χ1n) is 9.10. The molecule has 0 radical (unpaired) electrons. The van der Waals surface area contributed by atoms with E-state index in [2.05, 4.69) is 19.2 Å². The van der Waals surface area contributed by atoms with Crippen molar-refractivity contribution in [1.82, 2.24) is 5.32 Å². The average molecular weight is 297 g/mol. The maximum atomic E-state index is 6.07. The van der Waals surface area contributed by atoms with E-state index >= 15 is 0 Å². The van der Waals surface area contributed by atoms with E-state index in [0.717, 1.165) is 19.1 Å². The Morgan fingerprint density at radius 1 is 1.29 bits per heavy atom. The quantitative estimate of drug-likeness (QED) is 0.737. The highest BCUT2D eigenvalue weighted by molar-refractivity contribution is 4.96. The molecular weight excluding hydrogens is 262 g/mol. The minimum Gasteiger partial charge on any atom is -0.378 e. The van der Waals surface area contributed by atoms with E-state index in [1.807, 2.05) is 7.11 Å². The minimum absolute atomic E-state index is 0.0685. The van der Waals surface area contributed by atoms with Gasteiger partial charge in [0.15, 0.2) is 0 Å². The van der Waals surface area contributed by atoms with Crippen molar-refractivity contribution in [3.8, 4) is 0 Å². The molecule has 2 atom stereocenters. The predicted molar refractivity (Wildman–Crippen MR) is 87.7 cm³/mol. The van der Waals surface area contributed by atoms with E-state index < -0.39 is 0 Å². The van der Waals surface area contributed by atoms with Crippen LogP contribution >= 0.6 is 0 Å². The lowest BCUT2D eigenvalue weighted by molar-refractivity contribution is -0.0770. The second-order valence-corrected chi connectivity index (χ2v) is 7.13. The van der Waals surface area contributed by atoms with Crippen LogP contribution in [0.1, 0.15) is 71.6 Å². The summed E-state index contributed by atoms with van der Waals surface area (Å²) in [5, 5.41) is 3.72. The van der Waals surface area contributed by atoms with E-state index in [1.54, 1.807) is 0 Å². The molecule has 1 aliphatic carbocycles. The number of hydrogen-bond donors (Lipinski definition) is 1. The molecule has 0 aromatic carbocycles. The van der Waals surface area contributed by atoms with Gasteiger partial charge >= 0.3 is 0 Å². The smallest absolute Gasteiger partial charge is 0.0831 e. The second-order valence-electron chi connectivity index (χ2n) is 7.13. The van der Waals surface area contributed by atoms with E-state index in [1.165, 1.54) is 57.8 Å². The van der Waals surface area contributed by atoms with E-state index in [0.29, 0.717) is 12.1 Å². The summed E-state index contributed by atoms with van der Waals surface area (Å²) >= 11 is 0. The van der Waals surface area contributed by atoms with Gasteiger partial charge in [0.2, 0.25) is 0 Å². The van der Waals surface area contributed by atoms with Crippen LogP contribution in [0.2, 0.25) is 0 Å². The van der Waals surface area contributed by atoms with Crippen LogP contribution in [0.5, 0.6) is 0 Å². The number of hydrogen-bond acceptors (Lipinski definition) is 3. The van der Waals surface area contributed by atoms with Crippen molar-refractivity contribution in [1.29, 1.82) is 0 Å². The van der Waals surface area contributed by atoms with E-state index in [4.69, 9.17) is 9.47 Å². The number of likely N-dealkylation sites (N-methyl/N-ethyl adjacent to an activating group) is 1. The monoisotopic (exact) mass is 297 g/mol. The van der Waals surface area contributed by atoms with Crippen LogP contribution in [0.25, 0.3) is 0 Å². The van der Waals surface area contributed by atoms with Crippen LogP contribution in [0.15, 0.2) is 0 Å². The molecule has 0 amide bonds. The lowest BCUT2D eigenvalue weighted by Gasteiger charge is -2.44. The number of rotatable bonds is 8. The van der Waals surface area contributed by atoms with Gasteiger partial charge < -0.3 is 14.8 Å². The summed E-state index contributed by atoms with van der Waals surface area (Å²) < 4.78 is 11.8. The molecule has 2 unspecified atom stereocenters. The molecule has 0 spiro atoms. The maximum absolute atomic E-state index is 6.07. The van der Waals surface area contributed by atoms with Crippen molar-refractivity contribution in [2.75, 3.05) is 20.3 Å². The van der Waals surface area contributed by atoms with Crippen molar-refractivity contribution in [2.24, 2.45) is 5.92 Å². The van der Waals surface area contributed by atoms with Crippen molar-refractivity contribution in [3.05, 3.63) is 0 Å². The van der Waals surface area contributed by atoms with Gasteiger partial charge in [-0.05, 0) is 70.3 Å². The summed E-state index contributed by atoms with van der Waals surface area (Å²) in [7, 11) is 1.92. The highest BCUT2D eigenvalue weighted by atomic mass is 16.5. The molecule has 0 aromatic heterocycles. The number of ether oxygens (including phenoxy) is 2. The minimum atomic E-state index is 0.0685. The molecule has 1 heterocycles. The zero-order chi connectivity index (χ0) is 15.1. The third kappa shape index (κ3) is 4.67. The summed E-state index contributed by atoms with van der Waals surface area (Å²) in [6, 6.07) is 0.501. The Morgan fingerprint density at radius 2 is 2.05 bits per heavy atom. The molecule has 1 N–H and O–H groups in total. The molecule has 3 heteroatoms. The summed E-state index contributed by atoms with van der Waals surface area (Å²) in [6.07, 6.45) is 11.8. The van der Waals surface area contributed by atoms with Crippen molar-refractivity contribution in [3.63, 3.8) is 0 Å². The molecule has 124 valence electrons. The van der Waals surface area contributed by atoms with Gasteiger partial charge in [-0.15, -0.1) is 0 Å². The largest absolute Gasteiger partial charge is 0.378 e. The van der Waals surface area contributed by atoms with Gasteiger partial charge in [0.05, 0.1) is 11.7 Å². The first-order valence-corrected chi connectivity index (χ1v) is 9.10. The number of nitrogens with one attached hydrogen (secondary N) is 1. The van der Waals surface area contributed by atoms with Crippen LogP contribution < -0.4 is 5.32 Å². The Labute approximate surface area is 131 Å². The fourth-order valence-electron chi connectivity index (χ4n) is 4.16. The molecule has 2 fully saturated rings. The fraction of sp³-hybridized carbons (Fsp3) is 1.00. The van der Waals surface area contributed by atoms with Gasteiger partial charge in [-0.1, -0.05) is 13.8 Å². The fourth-order valence-corrected chi connectivity index (χ4v) is 4.16. The molecule has 1 saturated heterocycles. The third-order valence-electron chi connectivity index (χ3n) is 5.66. The maximum Gasteiger partial charge on any atom is 0.0831 e. The molecule has 1 saturated carbocycles. The van der Waals surface area contributed by atoms with Gasteiger partial charge in [0, 0.05) is 19.8 Å². The summed E-state index contributed by atoms with van der Waals surface area (Å²) in [4.78, 5) is 0. The number of methoxy groups -OCH3 is 1. The molecule has 3 nitrogen and oxygen atoms in total.